The highest BCUT2D eigenvalue weighted by atomic mass is 16.5. The van der Waals surface area contributed by atoms with Gasteiger partial charge in [0.1, 0.15) is 29.2 Å². The van der Waals surface area contributed by atoms with Crippen molar-refractivity contribution in [3.63, 3.8) is 0 Å². The van der Waals surface area contributed by atoms with Crippen molar-refractivity contribution >= 4 is 0 Å². The number of rotatable bonds is 3. The van der Waals surface area contributed by atoms with E-state index in [1.54, 1.807) is 18.2 Å². The maximum atomic E-state index is 9.14. The Hall–Kier alpha value is -2.78. The molecule has 0 bridgehead atoms. The Bertz CT molecular complexity index is 688. The largest absolute Gasteiger partial charge is 0.456 e. The van der Waals surface area contributed by atoms with Crippen LogP contribution >= 0.6 is 0 Å². The van der Waals surface area contributed by atoms with Crippen LogP contribution in [-0.2, 0) is 0 Å². The third-order valence-corrected chi connectivity index (χ3v) is 3.03. The van der Waals surface area contributed by atoms with Gasteiger partial charge in [-0.3, -0.25) is 0 Å². The molecule has 20 heavy (non-hydrogen) atoms. The maximum absolute atomic E-state index is 9.14. The quantitative estimate of drug-likeness (QED) is 0.826. The summed E-state index contributed by atoms with van der Waals surface area (Å²) in [5.41, 5.74) is 1.82. The highest BCUT2D eigenvalue weighted by Crippen LogP contribution is 2.28. The predicted molar refractivity (Wildman–Crippen MR) is 76.5 cm³/mol. The van der Waals surface area contributed by atoms with Crippen molar-refractivity contribution in [3.05, 3.63) is 59.2 Å². The summed E-state index contributed by atoms with van der Waals surface area (Å²) in [5, 5.41) is 18.1. The predicted octanol–water partition coefficient (Wildman–Crippen LogP) is 4.35. The molecule has 0 atom stereocenters. The number of ether oxygens (including phenoxy) is 1. The van der Waals surface area contributed by atoms with E-state index in [0.717, 1.165) is 0 Å². The fourth-order valence-electron chi connectivity index (χ4n) is 1.87. The van der Waals surface area contributed by atoms with Crippen LogP contribution < -0.4 is 4.74 Å². The van der Waals surface area contributed by atoms with Crippen LogP contribution in [0.15, 0.2) is 42.5 Å². The molecule has 0 aliphatic rings. The van der Waals surface area contributed by atoms with Gasteiger partial charge in [-0.25, -0.2) is 0 Å². The third-order valence-electron chi connectivity index (χ3n) is 3.03. The van der Waals surface area contributed by atoms with E-state index >= 15 is 0 Å². The average Bonchev–Trinajstić information content (AvgIpc) is 2.47. The van der Waals surface area contributed by atoms with E-state index in [2.05, 4.69) is 13.8 Å². The van der Waals surface area contributed by atoms with Crippen molar-refractivity contribution in [2.45, 2.75) is 19.8 Å². The summed E-state index contributed by atoms with van der Waals surface area (Å²) in [7, 11) is 0. The van der Waals surface area contributed by atoms with Gasteiger partial charge >= 0.3 is 0 Å². The van der Waals surface area contributed by atoms with Crippen LogP contribution in [0.25, 0.3) is 0 Å². The molecular weight excluding hydrogens is 248 g/mol. The van der Waals surface area contributed by atoms with Crippen molar-refractivity contribution in [3.8, 4) is 23.6 Å². The summed E-state index contributed by atoms with van der Waals surface area (Å²) in [6, 6.07) is 16.8. The second kappa shape index (κ2) is 5.91. The highest BCUT2D eigenvalue weighted by Gasteiger charge is 2.09. The molecule has 0 heterocycles. The van der Waals surface area contributed by atoms with Gasteiger partial charge in [-0.15, -0.1) is 0 Å². The van der Waals surface area contributed by atoms with Gasteiger partial charge in [-0.2, -0.15) is 10.5 Å². The van der Waals surface area contributed by atoms with Crippen molar-refractivity contribution in [1.29, 1.82) is 10.5 Å². The third kappa shape index (κ3) is 2.79. The molecular formula is C17H14N2O. The fourth-order valence-corrected chi connectivity index (χ4v) is 1.87. The molecule has 2 aromatic rings. The maximum Gasteiger partial charge on any atom is 0.146 e. The fraction of sp³-hybridized carbons (Fsp3) is 0.176. The summed E-state index contributed by atoms with van der Waals surface area (Å²) < 4.78 is 5.70. The first-order chi connectivity index (χ1) is 9.65. The lowest BCUT2D eigenvalue weighted by atomic mass is 10.0. The molecule has 0 N–H and O–H groups in total. The van der Waals surface area contributed by atoms with Crippen LogP contribution in [0.1, 0.15) is 36.5 Å². The first kappa shape index (κ1) is 13.6. The van der Waals surface area contributed by atoms with E-state index in [1.807, 2.05) is 36.4 Å². The van der Waals surface area contributed by atoms with Crippen LogP contribution in [0.3, 0.4) is 0 Å². The molecule has 0 aliphatic heterocycles. The number of hydrogen-bond acceptors (Lipinski definition) is 3. The van der Waals surface area contributed by atoms with Crippen molar-refractivity contribution in [1.82, 2.24) is 0 Å². The number of hydrogen-bond donors (Lipinski definition) is 0. The Morgan fingerprint density at radius 1 is 0.950 bits per heavy atom. The molecule has 3 nitrogen and oxygen atoms in total. The van der Waals surface area contributed by atoms with Crippen molar-refractivity contribution < 1.29 is 4.74 Å². The molecule has 0 radical (unpaired) electrons. The average molecular weight is 262 g/mol. The van der Waals surface area contributed by atoms with Gasteiger partial charge in [0.05, 0.1) is 5.56 Å². The molecule has 0 aromatic heterocycles. The second-order valence-electron chi connectivity index (χ2n) is 4.73. The van der Waals surface area contributed by atoms with Gasteiger partial charge in [0.15, 0.2) is 0 Å². The zero-order valence-corrected chi connectivity index (χ0v) is 11.4. The van der Waals surface area contributed by atoms with E-state index < -0.39 is 0 Å². The van der Waals surface area contributed by atoms with E-state index in [9.17, 15) is 0 Å². The van der Waals surface area contributed by atoms with E-state index in [0.29, 0.717) is 23.0 Å². The molecule has 98 valence electrons. The molecule has 2 aromatic carbocycles. The van der Waals surface area contributed by atoms with Gasteiger partial charge in [0.25, 0.3) is 0 Å². The van der Waals surface area contributed by atoms with Crippen LogP contribution in [0.4, 0.5) is 0 Å². The summed E-state index contributed by atoms with van der Waals surface area (Å²) in [6.07, 6.45) is 0. The summed E-state index contributed by atoms with van der Waals surface area (Å²) in [5.74, 6) is 1.52. The summed E-state index contributed by atoms with van der Waals surface area (Å²) >= 11 is 0. The Morgan fingerprint density at radius 2 is 1.65 bits per heavy atom. The number of nitrogens with zero attached hydrogens (tertiary/aromatic N) is 2. The van der Waals surface area contributed by atoms with Gasteiger partial charge in [0.2, 0.25) is 0 Å². The van der Waals surface area contributed by atoms with Crippen LogP contribution in [0.5, 0.6) is 11.5 Å². The molecule has 0 amide bonds. The Balaban J connectivity index is 2.31. The molecule has 0 saturated carbocycles. The monoisotopic (exact) mass is 262 g/mol. The lowest BCUT2D eigenvalue weighted by Gasteiger charge is -2.10. The molecule has 0 fully saturated rings. The summed E-state index contributed by atoms with van der Waals surface area (Å²) in [6.45, 7) is 4.25. The van der Waals surface area contributed by atoms with Gasteiger partial charge < -0.3 is 4.74 Å². The number of benzene rings is 2. The smallest absolute Gasteiger partial charge is 0.146 e. The minimum Gasteiger partial charge on any atom is -0.456 e. The molecule has 0 aliphatic carbocycles. The number of nitriles is 2. The zero-order valence-electron chi connectivity index (χ0n) is 11.4. The minimum absolute atomic E-state index is 0.267. The zero-order chi connectivity index (χ0) is 14.5. The molecule has 2 rings (SSSR count). The van der Waals surface area contributed by atoms with Crippen molar-refractivity contribution in [2.75, 3.05) is 0 Å². The Kier molecular flexibility index (Phi) is 4.03. The molecule has 0 saturated heterocycles. The van der Waals surface area contributed by atoms with E-state index in [-0.39, 0.29) is 5.56 Å². The van der Waals surface area contributed by atoms with E-state index in [1.165, 1.54) is 5.56 Å². The normalized spacial score (nSPS) is 9.85. The topological polar surface area (TPSA) is 56.8 Å². The lowest BCUT2D eigenvalue weighted by Crippen LogP contribution is -1.92. The summed E-state index contributed by atoms with van der Waals surface area (Å²) in [4.78, 5) is 0. The van der Waals surface area contributed by atoms with Crippen molar-refractivity contribution in [2.24, 2.45) is 0 Å². The highest BCUT2D eigenvalue weighted by molar-refractivity contribution is 5.55. The van der Waals surface area contributed by atoms with E-state index in [4.69, 9.17) is 15.3 Å². The second-order valence-corrected chi connectivity index (χ2v) is 4.73. The minimum atomic E-state index is 0.267. The van der Waals surface area contributed by atoms with Crippen LogP contribution in [-0.4, -0.2) is 0 Å². The molecule has 0 unspecified atom stereocenters. The lowest BCUT2D eigenvalue weighted by molar-refractivity contribution is 0.480. The molecule has 0 spiro atoms. The van der Waals surface area contributed by atoms with Gasteiger partial charge in [-0.1, -0.05) is 32.0 Å². The van der Waals surface area contributed by atoms with Gasteiger partial charge in [0, 0.05) is 0 Å². The SMILES string of the molecule is CC(C)c1ccc(Oc2cccc(C#N)c2C#N)cc1. The first-order valence-electron chi connectivity index (χ1n) is 6.36. The Morgan fingerprint density at radius 3 is 2.20 bits per heavy atom. The van der Waals surface area contributed by atoms with Crippen LogP contribution in [0.2, 0.25) is 0 Å². The standard InChI is InChI=1S/C17H14N2O/c1-12(2)13-6-8-15(9-7-13)20-17-5-3-4-14(10-18)16(17)11-19/h3-9,12H,1-2H3. The van der Waals surface area contributed by atoms with Gasteiger partial charge in [-0.05, 0) is 35.7 Å². The Labute approximate surface area is 118 Å². The van der Waals surface area contributed by atoms with Crippen LogP contribution in [0, 0.1) is 22.7 Å². The molecule has 3 heteroatoms. The first-order valence-corrected chi connectivity index (χ1v) is 6.36.